The van der Waals surface area contributed by atoms with Gasteiger partial charge in [-0.25, -0.2) is 0 Å². The summed E-state index contributed by atoms with van der Waals surface area (Å²) in [6, 6.07) is 0. The molecule has 0 aliphatic heterocycles. The van der Waals surface area contributed by atoms with Gasteiger partial charge < -0.3 is 5.32 Å². The zero-order valence-corrected chi connectivity index (χ0v) is 10.8. The lowest BCUT2D eigenvalue weighted by Gasteiger charge is -2.27. The number of hydrogen-bond acceptors (Lipinski definition) is 1. The molecular weight excluding hydrogens is 186 g/mol. The van der Waals surface area contributed by atoms with Gasteiger partial charge in [0.15, 0.2) is 0 Å². The van der Waals surface area contributed by atoms with Crippen molar-refractivity contribution in [2.45, 2.75) is 59.4 Å². The third-order valence-corrected chi connectivity index (χ3v) is 3.26. The quantitative estimate of drug-likeness (QED) is 0.747. The summed E-state index contributed by atoms with van der Waals surface area (Å²) in [4.78, 5) is 12.1. The first kappa shape index (κ1) is 12.5. The number of hydrogen-bond donors (Lipinski definition) is 1. The smallest absolute Gasteiger partial charge is 0.223 e. The van der Waals surface area contributed by atoms with E-state index in [1.807, 2.05) is 20.8 Å². The maximum absolute atomic E-state index is 12.1. The fraction of sp³-hybridized carbons (Fsp3) is 0.923. The zero-order chi connectivity index (χ0) is 11.6. The van der Waals surface area contributed by atoms with Crippen molar-refractivity contribution < 1.29 is 4.79 Å². The van der Waals surface area contributed by atoms with Crippen LogP contribution in [0.4, 0.5) is 0 Å². The van der Waals surface area contributed by atoms with Crippen molar-refractivity contribution in [2.24, 2.45) is 17.8 Å². The lowest BCUT2D eigenvalue weighted by atomic mass is 9.85. The second-order valence-corrected chi connectivity index (χ2v) is 6.18. The molecular formula is C13H25NO. The van der Waals surface area contributed by atoms with Crippen LogP contribution >= 0.6 is 0 Å². The summed E-state index contributed by atoms with van der Waals surface area (Å²) < 4.78 is 0. The minimum atomic E-state index is -0.0960. The monoisotopic (exact) mass is 211 g/mol. The molecule has 88 valence electrons. The Morgan fingerprint density at radius 3 is 2.33 bits per heavy atom. The van der Waals surface area contributed by atoms with Gasteiger partial charge in [-0.1, -0.05) is 20.3 Å². The minimum absolute atomic E-state index is 0.0960. The summed E-state index contributed by atoms with van der Waals surface area (Å²) in [7, 11) is 0. The molecule has 1 saturated carbocycles. The number of rotatable bonds is 2. The highest BCUT2D eigenvalue weighted by Gasteiger charge is 2.35. The molecule has 15 heavy (non-hydrogen) atoms. The van der Waals surface area contributed by atoms with E-state index in [-0.39, 0.29) is 17.4 Å². The van der Waals surface area contributed by atoms with Crippen LogP contribution in [0.1, 0.15) is 53.9 Å². The van der Waals surface area contributed by atoms with Gasteiger partial charge in [-0.05, 0) is 45.4 Å². The first-order chi connectivity index (χ1) is 6.81. The van der Waals surface area contributed by atoms with Gasteiger partial charge in [-0.3, -0.25) is 4.79 Å². The van der Waals surface area contributed by atoms with E-state index >= 15 is 0 Å². The van der Waals surface area contributed by atoms with E-state index in [0.29, 0.717) is 11.8 Å². The number of carbonyl (C=O) groups excluding carboxylic acids is 1. The average molecular weight is 211 g/mol. The fourth-order valence-electron chi connectivity index (χ4n) is 2.57. The summed E-state index contributed by atoms with van der Waals surface area (Å²) in [5, 5.41) is 3.11. The second kappa shape index (κ2) is 4.54. The minimum Gasteiger partial charge on any atom is -0.351 e. The van der Waals surface area contributed by atoms with Crippen molar-refractivity contribution in [1.29, 1.82) is 0 Å². The molecule has 1 N–H and O–H groups in total. The Morgan fingerprint density at radius 2 is 1.87 bits per heavy atom. The van der Waals surface area contributed by atoms with Crippen LogP contribution in [0.2, 0.25) is 0 Å². The van der Waals surface area contributed by atoms with E-state index in [0.717, 1.165) is 6.42 Å². The molecule has 2 nitrogen and oxygen atoms in total. The second-order valence-electron chi connectivity index (χ2n) is 6.18. The molecule has 0 aromatic carbocycles. The van der Waals surface area contributed by atoms with Gasteiger partial charge in [0.25, 0.3) is 0 Å². The Morgan fingerprint density at radius 1 is 1.27 bits per heavy atom. The molecule has 1 rings (SSSR count). The summed E-state index contributed by atoms with van der Waals surface area (Å²) in [6.45, 7) is 10.6. The van der Waals surface area contributed by atoms with Crippen LogP contribution in [0.5, 0.6) is 0 Å². The Labute approximate surface area is 93.8 Å². The van der Waals surface area contributed by atoms with Crippen LogP contribution in [-0.4, -0.2) is 11.4 Å². The Bertz CT molecular complexity index is 227. The van der Waals surface area contributed by atoms with Crippen LogP contribution in [-0.2, 0) is 4.79 Å². The molecule has 1 aliphatic rings. The van der Waals surface area contributed by atoms with E-state index < -0.39 is 0 Å². The topological polar surface area (TPSA) is 29.1 Å². The molecule has 0 radical (unpaired) electrons. The maximum Gasteiger partial charge on any atom is 0.223 e. The SMILES string of the molecule is CC(C)[C@@H]1CCC[C@@H]1C(=O)NC(C)(C)C. The van der Waals surface area contributed by atoms with Gasteiger partial charge in [0, 0.05) is 11.5 Å². The number of amides is 1. The Kier molecular flexibility index (Phi) is 3.80. The van der Waals surface area contributed by atoms with Crippen molar-refractivity contribution in [3.8, 4) is 0 Å². The number of carbonyl (C=O) groups is 1. The highest BCUT2D eigenvalue weighted by Crippen LogP contribution is 2.37. The fourth-order valence-corrected chi connectivity index (χ4v) is 2.57. The Hall–Kier alpha value is -0.530. The first-order valence-electron chi connectivity index (χ1n) is 6.13. The van der Waals surface area contributed by atoms with Crippen LogP contribution in [0.3, 0.4) is 0 Å². The molecule has 0 aromatic heterocycles. The van der Waals surface area contributed by atoms with Gasteiger partial charge in [0.05, 0.1) is 0 Å². The van der Waals surface area contributed by atoms with E-state index in [9.17, 15) is 4.79 Å². The normalized spacial score (nSPS) is 27.1. The summed E-state index contributed by atoms with van der Waals surface area (Å²) in [6.07, 6.45) is 3.51. The molecule has 0 aromatic rings. The predicted molar refractivity (Wildman–Crippen MR) is 63.6 cm³/mol. The van der Waals surface area contributed by atoms with Crippen LogP contribution < -0.4 is 5.32 Å². The van der Waals surface area contributed by atoms with Crippen molar-refractivity contribution in [1.82, 2.24) is 5.32 Å². The van der Waals surface area contributed by atoms with E-state index in [1.165, 1.54) is 12.8 Å². The van der Waals surface area contributed by atoms with Crippen LogP contribution in [0.25, 0.3) is 0 Å². The van der Waals surface area contributed by atoms with E-state index in [4.69, 9.17) is 0 Å². The third-order valence-electron chi connectivity index (χ3n) is 3.26. The molecule has 1 amide bonds. The van der Waals surface area contributed by atoms with Gasteiger partial charge in [-0.15, -0.1) is 0 Å². The summed E-state index contributed by atoms with van der Waals surface area (Å²) >= 11 is 0. The van der Waals surface area contributed by atoms with Crippen molar-refractivity contribution in [2.75, 3.05) is 0 Å². The van der Waals surface area contributed by atoms with E-state index in [1.54, 1.807) is 0 Å². The van der Waals surface area contributed by atoms with Gasteiger partial charge in [-0.2, -0.15) is 0 Å². The maximum atomic E-state index is 12.1. The molecule has 1 aliphatic carbocycles. The molecule has 0 heterocycles. The highest BCUT2D eigenvalue weighted by molar-refractivity contribution is 5.79. The largest absolute Gasteiger partial charge is 0.351 e. The van der Waals surface area contributed by atoms with Crippen LogP contribution in [0.15, 0.2) is 0 Å². The summed E-state index contributed by atoms with van der Waals surface area (Å²) in [5.74, 6) is 1.73. The van der Waals surface area contributed by atoms with Gasteiger partial charge in [0.1, 0.15) is 0 Å². The molecule has 2 atom stereocenters. The van der Waals surface area contributed by atoms with Crippen molar-refractivity contribution >= 4 is 5.91 Å². The predicted octanol–water partition coefficient (Wildman–Crippen LogP) is 2.97. The standard InChI is InChI=1S/C13H25NO/c1-9(2)10-7-6-8-11(10)12(15)14-13(3,4)5/h9-11H,6-8H2,1-5H3,(H,14,15)/t10-,11-/m0/s1. The zero-order valence-electron chi connectivity index (χ0n) is 10.8. The average Bonchev–Trinajstić information content (AvgIpc) is 2.47. The lowest BCUT2D eigenvalue weighted by molar-refractivity contribution is -0.128. The summed E-state index contributed by atoms with van der Waals surface area (Å²) in [5.41, 5.74) is -0.0960. The van der Waals surface area contributed by atoms with Gasteiger partial charge >= 0.3 is 0 Å². The molecule has 0 unspecified atom stereocenters. The molecule has 0 spiro atoms. The first-order valence-corrected chi connectivity index (χ1v) is 6.13. The number of nitrogens with one attached hydrogen (secondary N) is 1. The highest BCUT2D eigenvalue weighted by atomic mass is 16.2. The van der Waals surface area contributed by atoms with Gasteiger partial charge in [0.2, 0.25) is 5.91 Å². The van der Waals surface area contributed by atoms with Crippen molar-refractivity contribution in [3.05, 3.63) is 0 Å². The Balaban J connectivity index is 2.59. The lowest BCUT2D eigenvalue weighted by Crippen LogP contribution is -2.45. The molecule has 1 fully saturated rings. The molecule has 0 saturated heterocycles. The van der Waals surface area contributed by atoms with E-state index in [2.05, 4.69) is 19.2 Å². The van der Waals surface area contributed by atoms with Crippen molar-refractivity contribution in [3.63, 3.8) is 0 Å². The molecule has 0 bridgehead atoms. The third kappa shape index (κ3) is 3.51. The molecule has 2 heteroatoms. The van der Waals surface area contributed by atoms with Crippen LogP contribution in [0, 0.1) is 17.8 Å².